The lowest BCUT2D eigenvalue weighted by Gasteiger charge is -2.31. The highest BCUT2D eigenvalue weighted by Gasteiger charge is 2.20. The Balaban J connectivity index is 1.98. The Kier molecular flexibility index (Phi) is 7.46. The van der Waals surface area contributed by atoms with Gasteiger partial charge in [0.2, 0.25) is 0 Å². The molecule has 2 aromatic carbocycles. The van der Waals surface area contributed by atoms with Crippen LogP contribution in [-0.2, 0) is 6.54 Å². The molecule has 6 nitrogen and oxygen atoms in total. The molecule has 0 aliphatic heterocycles. The lowest BCUT2D eigenvalue weighted by Crippen LogP contribution is -2.31. The van der Waals surface area contributed by atoms with E-state index < -0.39 is 0 Å². The second-order valence-electron chi connectivity index (χ2n) is 7.40. The number of hydrogen-bond donors (Lipinski definition) is 1. The van der Waals surface area contributed by atoms with Gasteiger partial charge in [0, 0.05) is 12.1 Å². The van der Waals surface area contributed by atoms with Gasteiger partial charge in [-0.25, -0.2) is 4.98 Å². The molecule has 0 amide bonds. The summed E-state index contributed by atoms with van der Waals surface area (Å²) in [6.45, 7) is 5.91. The average Bonchev–Trinajstić information content (AvgIpc) is 2.77. The summed E-state index contributed by atoms with van der Waals surface area (Å²) >= 11 is 0. The molecule has 0 aliphatic carbocycles. The molecule has 6 heteroatoms. The van der Waals surface area contributed by atoms with Crippen molar-refractivity contribution in [2.45, 2.75) is 45.7 Å². The largest absolute Gasteiger partial charge is 0.493 e. The van der Waals surface area contributed by atoms with E-state index in [1.165, 1.54) is 5.56 Å². The standard InChI is InChI=1S/C24H31N3O3/c1-5-7-13-27(20(6-2)17-11-9-8-10-12-17)16-23-25-19-15-22(30-4)21(29-3)14-18(19)24(28)26-23/h8-12,14-15,20H,5-7,13,16H2,1-4H3,(H,25,26,28). The van der Waals surface area contributed by atoms with Crippen molar-refractivity contribution >= 4 is 10.9 Å². The van der Waals surface area contributed by atoms with Gasteiger partial charge < -0.3 is 14.5 Å². The number of fused-ring (bicyclic) bond motifs is 1. The molecule has 30 heavy (non-hydrogen) atoms. The Bertz CT molecular complexity index is 1020. The first kappa shape index (κ1) is 21.8. The van der Waals surface area contributed by atoms with Crippen molar-refractivity contribution in [2.75, 3.05) is 20.8 Å². The monoisotopic (exact) mass is 409 g/mol. The Hall–Kier alpha value is -2.86. The van der Waals surface area contributed by atoms with Crippen LogP contribution < -0.4 is 15.0 Å². The van der Waals surface area contributed by atoms with Gasteiger partial charge in [0.25, 0.3) is 5.56 Å². The molecule has 1 heterocycles. The summed E-state index contributed by atoms with van der Waals surface area (Å²) in [6, 6.07) is 14.2. The van der Waals surface area contributed by atoms with Gasteiger partial charge in [0.05, 0.1) is 31.7 Å². The summed E-state index contributed by atoms with van der Waals surface area (Å²) in [7, 11) is 3.13. The topological polar surface area (TPSA) is 67.5 Å². The van der Waals surface area contributed by atoms with Crippen LogP contribution in [0.1, 0.15) is 50.5 Å². The van der Waals surface area contributed by atoms with Crippen LogP contribution in [0.25, 0.3) is 10.9 Å². The molecule has 160 valence electrons. The summed E-state index contributed by atoms with van der Waals surface area (Å²) in [4.78, 5) is 22.9. The number of unbranched alkanes of at least 4 members (excludes halogenated alkanes) is 1. The number of H-pyrrole nitrogens is 1. The predicted octanol–water partition coefficient (Wildman–Crippen LogP) is 4.69. The number of rotatable bonds is 10. The van der Waals surface area contributed by atoms with Crippen molar-refractivity contribution in [2.24, 2.45) is 0 Å². The van der Waals surface area contributed by atoms with Crippen LogP contribution in [0.4, 0.5) is 0 Å². The van der Waals surface area contributed by atoms with Gasteiger partial charge in [-0.15, -0.1) is 0 Å². The van der Waals surface area contributed by atoms with Crippen LogP contribution in [0.5, 0.6) is 11.5 Å². The zero-order chi connectivity index (χ0) is 21.5. The van der Waals surface area contributed by atoms with Gasteiger partial charge >= 0.3 is 0 Å². The van der Waals surface area contributed by atoms with Gasteiger partial charge in [-0.1, -0.05) is 50.6 Å². The highest BCUT2D eigenvalue weighted by atomic mass is 16.5. The van der Waals surface area contributed by atoms with Crippen molar-refractivity contribution in [3.63, 3.8) is 0 Å². The van der Waals surface area contributed by atoms with Crippen LogP contribution in [0.15, 0.2) is 47.3 Å². The number of benzene rings is 2. The third-order valence-corrected chi connectivity index (χ3v) is 5.42. The number of hydrogen-bond acceptors (Lipinski definition) is 5. The molecule has 0 saturated carbocycles. The van der Waals surface area contributed by atoms with Gasteiger partial charge in [-0.3, -0.25) is 9.69 Å². The van der Waals surface area contributed by atoms with Crippen LogP contribution in [0.2, 0.25) is 0 Å². The molecule has 1 aromatic heterocycles. The minimum absolute atomic E-state index is 0.167. The molecule has 0 saturated heterocycles. The smallest absolute Gasteiger partial charge is 0.258 e. The lowest BCUT2D eigenvalue weighted by atomic mass is 10.0. The number of methoxy groups -OCH3 is 2. The minimum Gasteiger partial charge on any atom is -0.493 e. The molecule has 0 radical (unpaired) electrons. The molecule has 0 bridgehead atoms. The Labute approximate surface area is 177 Å². The third-order valence-electron chi connectivity index (χ3n) is 5.42. The molecule has 0 fully saturated rings. The van der Waals surface area contributed by atoms with E-state index >= 15 is 0 Å². The molecular formula is C24H31N3O3. The van der Waals surface area contributed by atoms with E-state index in [9.17, 15) is 4.79 Å². The second kappa shape index (κ2) is 10.3. The molecule has 1 N–H and O–H groups in total. The molecule has 0 aliphatic rings. The summed E-state index contributed by atoms with van der Waals surface area (Å²) < 4.78 is 10.7. The minimum atomic E-state index is -0.167. The average molecular weight is 410 g/mol. The first-order valence-electron chi connectivity index (χ1n) is 10.5. The van der Waals surface area contributed by atoms with Crippen LogP contribution in [0.3, 0.4) is 0 Å². The Morgan fingerprint density at radius 1 is 1.07 bits per heavy atom. The van der Waals surface area contributed by atoms with Gasteiger partial charge in [0.15, 0.2) is 11.5 Å². The van der Waals surface area contributed by atoms with Crippen LogP contribution in [0, 0.1) is 0 Å². The van der Waals surface area contributed by atoms with E-state index in [0.717, 1.165) is 25.8 Å². The first-order chi connectivity index (χ1) is 14.6. The molecule has 3 aromatic rings. The fraction of sp³-hybridized carbons (Fsp3) is 0.417. The number of nitrogens with zero attached hydrogens (tertiary/aromatic N) is 2. The summed E-state index contributed by atoms with van der Waals surface area (Å²) in [5, 5.41) is 0.492. The highest BCUT2D eigenvalue weighted by molar-refractivity contribution is 5.81. The molecule has 0 spiro atoms. The van der Waals surface area contributed by atoms with Gasteiger partial charge in [-0.2, -0.15) is 0 Å². The predicted molar refractivity (Wildman–Crippen MR) is 120 cm³/mol. The van der Waals surface area contributed by atoms with E-state index in [0.29, 0.717) is 34.8 Å². The third kappa shape index (κ3) is 4.82. The maximum atomic E-state index is 12.8. The van der Waals surface area contributed by atoms with Crippen molar-refractivity contribution in [3.8, 4) is 11.5 Å². The Morgan fingerprint density at radius 3 is 2.40 bits per heavy atom. The maximum absolute atomic E-state index is 12.8. The Morgan fingerprint density at radius 2 is 1.77 bits per heavy atom. The molecular weight excluding hydrogens is 378 g/mol. The SMILES string of the molecule is CCCCN(Cc1nc2cc(OC)c(OC)cc2c(=O)[nH]1)C(CC)c1ccccc1. The van der Waals surface area contributed by atoms with E-state index in [4.69, 9.17) is 14.5 Å². The van der Waals surface area contributed by atoms with E-state index in [-0.39, 0.29) is 11.6 Å². The normalized spacial score (nSPS) is 12.3. The van der Waals surface area contributed by atoms with Crippen LogP contribution >= 0.6 is 0 Å². The zero-order valence-electron chi connectivity index (χ0n) is 18.3. The zero-order valence-corrected chi connectivity index (χ0v) is 18.3. The van der Waals surface area contributed by atoms with Crippen molar-refractivity contribution < 1.29 is 9.47 Å². The highest BCUT2D eigenvalue weighted by Crippen LogP contribution is 2.30. The summed E-state index contributed by atoms with van der Waals surface area (Å²) in [5.41, 5.74) is 1.72. The van der Waals surface area contributed by atoms with Crippen molar-refractivity contribution in [3.05, 3.63) is 64.2 Å². The molecule has 3 rings (SSSR count). The quantitative estimate of drug-likeness (QED) is 0.526. The van der Waals surface area contributed by atoms with E-state index in [2.05, 4.69) is 48.0 Å². The fourth-order valence-corrected chi connectivity index (χ4v) is 3.87. The number of aromatic nitrogens is 2. The summed E-state index contributed by atoms with van der Waals surface area (Å²) in [5.74, 6) is 1.74. The maximum Gasteiger partial charge on any atom is 0.258 e. The van der Waals surface area contributed by atoms with Crippen molar-refractivity contribution in [1.29, 1.82) is 0 Å². The first-order valence-corrected chi connectivity index (χ1v) is 10.5. The number of nitrogens with one attached hydrogen (secondary N) is 1. The number of ether oxygens (including phenoxy) is 2. The van der Waals surface area contributed by atoms with Gasteiger partial charge in [-0.05, 0) is 31.0 Å². The van der Waals surface area contributed by atoms with Crippen LogP contribution in [-0.4, -0.2) is 35.6 Å². The fourth-order valence-electron chi connectivity index (χ4n) is 3.87. The second-order valence-corrected chi connectivity index (χ2v) is 7.40. The number of aromatic amines is 1. The lowest BCUT2D eigenvalue weighted by molar-refractivity contribution is 0.175. The molecule has 1 unspecified atom stereocenters. The summed E-state index contributed by atoms with van der Waals surface area (Å²) in [6.07, 6.45) is 3.18. The van der Waals surface area contributed by atoms with Gasteiger partial charge in [0.1, 0.15) is 5.82 Å². The van der Waals surface area contributed by atoms with E-state index in [1.807, 2.05) is 6.07 Å². The van der Waals surface area contributed by atoms with E-state index in [1.54, 1.807) is 26.4 Å². The van der Waals surface area contributed by atoms with Crippen molar-refractivity contribution in [1.82, 2.24) is 14.9 Å². The molecule has 1 atom stereocenters.